The summed E-state index contributed by atoms with van der Waals surface area (Å²) in [6.07, 6.45) is -0.587. The molecule has 178 valence electrons. The SMILES string of the molecule is O=C(c1ccc(Nc2ncc(C(F)(F)F)c(NCC3CCNCC3)n2)cn1)N1CCOCC1. The van der Waals surface area contributed by atoms with E-state index in [0.717, 1.165) is 32.1 Å². The Hall–Kier alpha value is -2.99. The molecule has 0 bridgehead atoms. The molecule has 0 saturated carbocycles. The number of rotatable bonds is 6. The molecule has 33 heavy (non-hydrogen) atoms. The Bertz CT molecular complexity index is 944. The number of halogens is 3. The minimum Gasteiger partial charge on any atom is -0.378 e. The van der Waals surface area contributed by atoms with Crippen LogP contribution >= 0.6 is 0 Å². The Labute approximate surface area is 189 Å². The van der Waals surface area contributed by atoms with Crippen LogP contribution in [0.5, 0.6) is 0 Å². The predicted octanol–water partition coefficient (Wildman–Crippen LogP) is 2.52. The third kappa shape index (κ3) is 6.08. The Morgan fingerprint density at radius 2 is 1.91 bits per heavy atom. The second-order valence-electron chi connectivity index (χ2n) is 7.99. The Balaban J connectivity index is 1.45. The van der Waals surface area contributed by atoms with Crippen LogP contribution in [0, 0.1) is 5.92 Å². The number of nitrogens with one attached hydrogen (secondary N) is 3. The number of piperidine rings is 1. The lowest BCUT2D eigenvalue weighted by Crippen LogP contribution is -2.41. The molecule has 0 unspecified atom stereocenters. The lowest BCUT2D eigenvalue weighted by atomic mass is 9.98. The number of amides is 1. The standard InChI is InChI=1S/C21H26F3N7O2/c22-21(23,24)16-13-28-20(30-18(16)27-11-14-3-5-25-6-4-14)29-15-1-2-17(26-12-15)19(32)31-7-9-33-10-8-31/h1-2,12-14,25H,3-11H2,(H2,27,28,29,30). The van der Waals surface area contributed by atoms with Gasteiger partial charge in [0.15, 0.2) is 0 Å². The number of carbonyl (C=O) groups excluding carboxylic acids is 1. The van der Waals surface area contributed by atoms with E-state index in [0.29, 0.717) is 38.5 Å². The second-order valence-corrected chi connectivity index (χ2v) is 7.99. The molecule has 3 N–H and O–H groups in total. The largest absolute Gasteiger partial charge is 0.421 e. The number of alkyl halides is 3. The Morgan fingerprint density at radius 1 is 1.15 bits per heavy atom. The molecule has 2 aliphatic rings. The smallest absolute Gasteiger partial charge is 0.378 e. The van der Waals surface area contributed by atoms with Crippen molar-refractivity contribution in [2.24, 2.45) is 5.92 Å². The van der Waals surface area contributed by atoms with Crippen molar-refractivity contribution in [1.29, 1.82) is 0 Å². The van der Waals surface area contributed by atoms with Gasteiger partial charge in [0.1, 0.15) is 17.1 Å². The van der Waals surface area contributed by atoms with Gasteiger partial charge in [0, 0.05) is 25.8 Å². The summed E-state index contributed by atoms with van der Waals surface area (Å²) in [7, 11) is 0. The van der Waals surface area contributed by atoms with Crippen molar-refractivity contribution in [1.82, 2.24) is 25.2 Å². The zero-order valence-corrected chi connectivity index (χ0v) is 18.0. The van der Waals surface area contributed by atoms with Gasteiger partial charge in [-0.3, -0.25) is 4.79 Å². The van der Waals surface area contributed by atoms with E-state index in [1.165, 1.54) is 6.20 Å². The maximum absolute atomic E-state index is 13.4. The highest BCUT2D eigenvalue weighted by Crippen LogP contribution is 2.34. The topological polar surface area (TPSA) is 104 Å². The van der Waals surface area contributed by atoms with Crippen molar-refractivity contribution in [3.63, 3.8) is 0 Å². The van der Waals surface area contributed by atoms with Gasteiger partial charge in [0.05, 0.1) is 25.1 Å². The summed E-state index contributed by atoms with van der Waals surface area (Å²) in [6.45, 7) is 4.11. The highest BCUT2D eigenvalue weighted by molar-refractivity contribution is 5.92. The summed E-state index contributed by atoms with van der Waals surface area (Å²) in [5, 5.41) is 8.96. The normalized spacial score (nSPS) is 17.6. The number of hydrogen-bond donors (Lipinski definition) is 3. The first kappa shape index (κ1) is 23.2. The molecule has 0 aliphatic carbocycles. The van der Waals surface area contributed by atoms with Gasteiger partial charge in [-0.05, 0) is 44.0 Å². The average Bonchev–Trinajstić information content (AvgIpc) is 2.83. The fraction of sp³-hybridized carbons (Fsp3) is 0.524. The molecule has 0 spiro atoms. The van der Waals surface area contributed by atoms with Crippen LogP contribution in [-0.4, -0.2) is 71.7 Å². The summed E-state index contributed by atoms with van der Waals surface area (Å²) >= 11 is 0. The molecule has 9 nitrogen and oxygen atoms in total. The molecule has 0 aromatic carbocycles. The van der Waals surface area contributed by atoms with Gasteiger partial charge in [-0.25, -0.2) is 9.97 Å². The van der Waals surface area contributed by atoms with Crippen LogP contribution in [0.3, 0.4) is 0 Å². The molecule has 2 aromatic rings. The molecule has 2 aliphatic heterocycles. The minimum atomic E-state index is -4.57. The fourth-order valence-corrected chi connectivity index (χ4v) is 3.76. The number of pyridine rings is 1. The average molecular weight is 465 g/mol. The van der Waals surface area contributed by atoms with Gasteiger partial charge in [-0.15, -0.1) is 0 Å². The molecule has 0 atom stereocenters. The van der Waals surface area contributed by atoms with Crippen LogP contribution in [0.25, 0.3) is 0 Å². The van der Waals surface area contributed by atoms with Crippen LogP contribution in [-0.2, 0) is 10.9 Å². The van der Waals surface area contributed by atoms with Crippen LogP contribution in [0.4, 0.5) is 30.6 Å². The first-order valence-corrected chi connectivity index (χ1v) is 10.9. The summed E-state index contributed by atoms with van der Waals surface area (Å²) in [4.78, 5) is 26.2. The third-order valence-corrected chi connectivity index (χ3v) is 5.65. The number of aromatic nitrogens is 3. The van der Waals surface area contributed by atoms with Crippen molar-refractivity contribution in [2.45, 2.75) is 19.0 Å². The van der Waals surface area contributed by atoms with Gasteiger partial charge in [0.25, 0.3) is 5.91 Å². The first-order chi connectivity index (χ1) is 15.9. The van der Waals surface area contributed by atoms with E-state index < -0.39 is 11.7 Å². The molecule has 2 fully saturated rings. The van der Waals surface area contributed by atoms with Crippen LogP contribution in [0.15, 0.2) is 24.5 Å². The number of ether oxygens (including phenoxy) is 1. The lowest BCUT2D eigenvalue weighted by molar-refractivity contribution is -0.137. The van der Waals surface area contributed by atoms with Gasteiger partial charge in [-0.2, -0.15) is 18.2 Å². The summed E-state index contributed by atoms with van der Waals surface area (Å²) in [6, 6.07) is 3.17. The van der Waals surface area contributed by atoms with Crippen LogP contribution < -0.4 is 16.0 Å². The van der Waals surface area contributed by atoms with Crippen molar-refractivity contribution in [2.75, 3.05) is 56.6 Å². The Morgan fingerprint density at radius 3 is 2.58 bits per heavy atom. The fourth-order valence-electron chi connectivity index (χ4n) is 3.76. The molecular weight excluding hydrogens is 439 g/mol. The van der Waals surface area contributed by atoms with Crippen molar-refractivity contribution < 1.29 is 22.7 Å². The molecule has 12 heteroatoms. The van der Waals surface area contributed by atoms with E-state index in [2.05, 4.69) is 30.9 Å². The van der Waals surface area contributed by atoms with Crippen molar-refractivity contribution in [3.8, 4) is 0 Å². The number of nitrogens with zero attached hydrogens (tertiary/aromatic N) is 4. The quantitative estimate of drug-likeness (QED) is 0.598. The zero-order chi connectivity index (χ0) is 23.3. The van der Waals surface area contributed by atoms with E-state index in [1.807, 2.05) is 0 Å². The van der Waals surface area contributed by atoms with Crippen LogP contribution in [0.2, 0.25) is 0 Å². The zero-order valence-electron chi connectivity index (χ0n) is 18.0. The maximum atomic E-state index is 13.4. The maximum Gasteiger partial charge on any atom is 0.421 e. The minimum absolute atomic E-state index is 0.00451. The van der Waals surface area contributed by atoms with Crippen molar-refractivity contribution in [3.05, 3.63) is 35.8 Å². The number of anilines is 3. The highest BCUT2D eigenvalue weighted by Gasteiger charge is 2.35. The number of hydrogen-bond acceptors (Lipinski definition) is 8. The molecule has 1 amide bonds. The number of morpholine rings is 1. The molecule has 2 saturated heterocycles. The van der Waals surface area contributed by atoms with E-state index in [9.17, 15) is 18.0 Å². The third-order valence-electron chi connectivity index (χ3n) is 5.65. The molecule has 4 heterocycles. The van der Waals surface area contributed by atoms with E-state index in [4.69, 9.17) is 4.74 Å². The summed E-state index contributed by atoms with van der Waals surface area (Å²) < 4.78 is 45.6. The summed E-state index contributed by atoms with van der Waals surface area (Å²) in [5.74, 6) is -0.171. The van der Waals surface area contributed by atoms with Crippen molar-refractivity contribution >= 4 is 23.4 Å². The second kappa shape index (κ2) is 10.3. The van der Waals surface area contributed by atoms with Gasteiger partial charge >= 0.3 is 6.18 Å². The number of carbonyl (C=O) groups is 1. The van der Waals surface area contributed by atoms with Gasteiger partial charge < -0.3 is 25.6 Å². The van der Waals surface area contributed by atoms with E-state index >= 15 is 0 Å². The Kier molecular flexibility index (Phi) is 7.23. The van der Waals surface area contributed by atoms with E-state index in [1.54, 1.807) is 17.0 Å². The predicted molar refractivity (Wildman–Crippen MR) is 115 cm³/mol. The van der Waals surface area contributed by atoms with E-state index in [-0.39, 0.29) is 29.3 Å². The summed E-state index contributed by atoms with van der Waals surface area (Å²) in [5.41, 5.74) is -0.177. The molecule has 2 aromatic heterocycles. The van der Waals surface area contributed by atoms with Gasteiger partial charge in [-0.1, -0.05) is 0 Å². The molecule has 0 radical (unpaired) electrons. The highest BCUT2D eigenvalue weighted by atomic mass is 19.4. The lowest BCUT2D eigenvalue weighted by Gasteiger charge is -2.26. The van der Waals surface area contributed by atoms with Gasteiger partial charge in [0.2, 0.25) is 5.95 Å². The monoisotopic (exact) mass is 465 g/mol. The first-order valence-electron chi connectivity index (χ1n) is 10.9. The molecule has 4 rings (SSSR count). The molecular formula is C21H26F3N7O2. The van der Waals surface area contributed by atoms with Crippen LogP contribution in [0.1, 0.15) is 28.9 Å².